The van der Waals surface area contributed by atoms with E-state index in [-0.39, 0.29) is 0 Å². The first-order valence-corrected chi connectivity index (χ1v) is 6.79. The van der Waals surface area contributed by atoms with Crippen molar-refractivity contribution in [2.45, 2.75) is 40.5 Å². The zero-order valence-electron chi connectivity index (χ0n) is 12.5. The van der Waals surface area contributed by atoms with Crippen molar-refractivity contribution >= 4 is 11.4 Å². The standard InChI is InChI=1S/C16H20N2O2/c1-7-9-19-15-11(3)13(17-5)14(18-6)12(4)16(15)20-10-8-2/h7-10H2,1-4H3. The third kappa shape index (κ3) is 3.03. The second-order valence-corrected chi connectivity index (χ2v) is 4.53. The van der Waals surface area contributed by atoms with E-state index in [0.717, 1.165) is 12.8 Å². The highest BCUT2D eigenvalue weighted by molar-refractivity contribution is 5.83. The van der Waals surface area contributed by atoms with Crippen LogP contribution in [0.4, 0.5) is 11.4 Å². The second kappa shape index (κ2) is 7.40. The summed E-state index contributed by atoms with van der Waals surface area (Å²) in [4.78, 5) is 6.99. The molecule has 0 aliphatic heterocycles. The van der Waals surface area contributed by atoms with E-state index in [1.807, 2.05) is 27.7 Å². The Morgan fingerprint density at radius 2 is 1.15 bits per heavy atom. The van der Waals surface area contributed by atoms with E-state index in [0.29, 0.717) is 47.2 Å². The number of hydrogen-bond acceptors (Lipinski definition) is 2. The van der Waals surface area contributed by atoms with Gasteiger partial charge in [0.15, 0.2) is 11.5 Å². The molecule has 0 N–H and O–H groups in total. The molecule has 0 bridgehead atoms. The highest BCUT2D eigenvalue weighted by atomic mass is 16.5. The van der Waals surface area contributed by atoms with Crippen LogP contribution in [0.3, 0.4) is 0 Å². The molecular formula is C16H20N2O2. The molecule has 0 heterocycles. The summed E-state index contributed by atoms with van der Waals surface area (Å²) >= 11 is 0. The maximum atomic E-state index is 7.29. The molecule has 0 fully saturated rings. The molecule has 0 amide bonds. The van der Waals surface area contributed by atoms with E-state index < -0.39 is 0 Å². The minimum Gasteiger partial charge on any atom is -0.491 e. The molecule has 0 unspecified atom stereocenters. The average molecular weight is 272 g/mol. The summed E-state index contributed by atoms with van der Waals surface area (Å²) in [7, 11) is 0. The zero-order chi connectivity index (χ0) is 15.1. The number of benzene rings is 1. The van der Waals surface area contributed by atoms with Crippen molar-refractivity contribution in [2.75, 3.05) is 13.2 Å². The summed E-state index contributed by atoms with van der Waals surface area (Å²) in [5.74, 6) is 1.22. The van der Waals surface area contributed by atoms with Crippen molar-refractivity contribution in [2.24, 2.45) is 0 Å². The molecule has 4 nitrogen and oxygen atoms in total. The molecule has 0 aliphatic carbocycles. The van der Waals surface area contributed by atoms with Crippen LogP contribution < -0.4 is 9.47 Å². The van der Waals surface area contributed by atoms with E-state index in [4.69, 9.17) is 22.6 Å². The van der Waals surface area contributed by atoms with Crippen molar-refractivity contribution in [3.05, 3.63) is 34.0 Å². The van der Waals surface area contributed by atoms with E-state index in [1.54, 1.807) is 0 Å². The monoisotopic (exact) mass is 272 g/mol. The topological polar surface area (TPSA) is 27.2 Å². The molecular weight excluding hydrogens is 252 g/mol. The summed E-state index contributed by atoms with van der Waals surface area (Å²) in [5.41, 5.74) is 2.12. The van der Waals surface area contributed by atoms with Gasteiger partial charge in [-0.05, 0) is 37.8 Å². The fourth-order valence-corrected chi connectivity index (χ4v) is 1.94. The van der Waals surface area contributed by atoms with Crippen LogP contribution in [0.1, 0.15) is 37.8 Å². The summed E-state index contributed by atoms with van der Waals surface area (Å²) in [6.45, 7) is 23.4. The van der Waals surface area contributed by atoms with Crippen LogP contribution in [-0.4, -0.2) is 13.2 Å². The first kappa shape index (κ1) is 15.9. The lowest BCUT2D eigenvalue weighted by Gasteiger charge is -2.19. The van der Waals surface area contributed by atoms with Gasteiger partial charge in [0.1, 0.15) is 0 Å². The minimum absolute atomic E-state index is 0.368. The van der Waals surface area contributed by atoms with Crippen LogP contribution in [0.2, 0.25) is 0 Å². The van der Waals surface area contributed by atoms with Crippen LogP contribution in [0, 0.1) is 27.0 Å². The summed E-state index contributed by atoms with van der Waals surface area (Å²) in [5, 5.41) is 0. The Labute approximate surface area is 121 Å². The highest BCUT2D eigenvalue weighted by Crippen LogP contribution is 2.48. The highest BCUT2D eigenvalue weighted by Gasteiger charge is 2.22. The largest absolute Gasteiger partial charge is 0.491 e. The maximum Gasteiger partial charge on any atom is 0.201 e. The van der Waals surface area contributed by atoms with Gasteiger partial charge in [-0.3, -0.25) is 0 Å². The lowest BCUT2D eigenvalue weighted by molar-refractivity contribution is 0.266. The predicted octanol–water partition coefficient (Wildman–Crippen LogP) is 4.98. The van der Waals surface area contributed by atoms with Gasteiger partial charge in [-0.25, -0.2) is 9.69 Å². The third-order valence-electron chi connectivity index (χ3n) is 2.95. The van der Waals surface area contributed by atoms with Gasteiger partial charge in [0.05, 0.1) is 26.4 Å². The van der Waals surface area contributed by atoms with Gasteiger partial charge in [0, 0.05) is 0 Å². The van der Waals surface area contributed by atoms with E-state index >= 15 is 0 Å². The number of hydrogen-bond donors (Lipinski definition) is 0. The Morgan fingerprint density at radius 1 is 0.800 bits per heavy atom. The molecule has 0 spiro atoms. The Bertz CT molecular complexity index is 515. The first-order chi connectivity index (χ1) is 9.62. The van der Waals surface area contributed by atoms with Gasteiger partial charge in [0.2, 0.25) is 11.4 Å². The molecule has 0 aliphatic rings. The van der Waals surface area contributed by atoms with Crippen molar-refractivity contribution in [3.8, 4) is 11.5 Å². The molecule has 0 atom stereocenters. The smallest absolute Gasteiger partial charge is 0.201 e. The van der Waals surface area contributed by atoms with Gasteiger partial charge in [-0.15, -0.1) is 0 Å². The molecule has 4 heteroatoms. The lowest BCUT2D eigenvalue weighted by atomic mass is 10.0. The van der Waals surface area contributed by atoms with Crippen LogP contribution in [-0.2, 0) is 0 Å². The Hall–Kier alpha value is -2.20. The molecule has 0 aromatic heterocycles. The van der Waals surface area contributed by atoms with E-state index in [2.05, 4.69) is 9.69 Å². The van der Waals surface area contributed by atoms with Crippen molar-refractivity contribution in [3.63, 3.8) is 0 Å². The molecule has 0 radical (unpaired) electrons. The average Bonchev–Trinajstić information content (AvgIpc) is 2.46. The first-order valence-electron chi connectivity index (χ1n) is 6.79. The molecule has 0 saturated carbocycles. The molecule has 1 rings (SSSR count). The van der Waals surface area contributed by atoms with Gasteiger partial charge in [-0.2, -0.15) is 0 Å². The van der Waals surface area contributed by atoms with Gasteiger partial charge in [-0.1, -0.05) is 13.8 Å². The normalized spacial score (nSPS) is 9.70. The van der Waals surface area contributed by atoms with Crippen LogP contribution in [0.5, 0.6) is 11.5 Å². The number of nitrogens with zero attached hydrogens (tertiary/aromatic N) is 2. The van der Waals surface area contributed by atoms with Gasteiger partial charge in [0.25, 0.3) is 0 Å². The summed E-state index contributed by atoms with van der Waals surface area (Å²) in [6, 6.07) is 0. The summed E-state index contributed by atoms with van der Waals surface area (Å²) in [6.07, 6.45) is 1.76. The van der Waals surface area contributed by atoms with Crippen LogP contribution >= 0.6 is 0 Å². The molecule has 1 aromatic carbocycles. The Balaban J connectivity index is 3.49. The van der Waals surface area contributed by atoms with Crippen molar-refractivity contribution in [1.82, 2.24) is 0 Å². The second-order valence-electron chi connectivity index (χ2n) is 4.53. The molecule has 1 aromatic rings. The predicted molar refractivity (Wildman–Crippen MR) is 80.0 cm³/mol. The zero-order valence-corrected chi connectivity index (χ0v) is 12.5. The van der Waals surface area contributed by atoms with Crippen molar-refractivity contribution < 1.29 is 9.47 Å². The SMILES string of the molecule is [C-]#[N+]c1c(C)c(OCCC)c(OCCC)c(C)c1[N+]#[C-]. The molecule has 20 heavy (non-hydrogen) atoms. The maximum absolute atomic E-state index is 7.29. The van der Waals surface area contributed by atoms with Crippen molar-refractivity contribution in [1.29, 1.82) is 0 Å². The molecule has 106 valence electrons. The Morgan fingerprint density at radius 3 is 1.40 bits per heavy atom. The number of ether oxygens (including phenoxy) is 2. The minimum atomic E-state index is 0.368. The quantitative estimate of drug-likeness (QED) is 0.683. The van der Waals surface area contributed by atoms with Gasteiger partial charge >= 0.3 is 0 Å². The van der Waals surface area contributed by atoms with Crippen LogP contribution in [0.25, 0.3) is 9.69 Å². The van der Waals surface area contributed by atoms with Gasteiger partial charge < -0.3 is 9.47 Å². The Kier molecular flexibility index (Phi) is 5.87. The third-order valence-corrected chi connectivity index (χ3v) is 2.95. The fraction of sp³-hybridized carbons (Fsp3) is 0.500. The van der Waals surface area contributed by atoms with E-state index in [1.165, 1.54) is 0 Å². The summed E-state index contributed by atoms with van der Waals surface area (Å²) < 4.78 is 11.5. The lowest BCUT2D eigenvalue weighted by Crippen LogP contribution is -2.04. The molecule has 0 saturated heterocycles. The van der Waals surface area contributed by atoms with Crippen LogP contribution in [0.15, 0.2) is 0 Å². The number of rotatable bonds is 6. The van der Waals surface area contributed by atoms with E-state index in [9.17, 15) is 0 Å². The fourth-order valence-electron chi connectivity index (χ4n) is 1.94.